The maximum absolute atomic E-state index is 4.31. The molecular weight excluding hydrogens is 213 g/mol. The molecule has 1 aromatic rings. The van der Waals surface area contributed by atoms with Gasteiger partial charge in [0.05, 0.1) is 0 Å². The van der Waals surface area contributed by atoms with Crippen molar-refractivity contribution in [2.24, 2.45) is 0 Å². The molecule has 0 atom stereocenters. The minimum absolute atomic E-state index is 0. The van der Waals surface area contributed by atoms with E-state index < -0.39 is 0 Å². The minimum Gasteiger partial charge on any atom is -0.373 e. The molecule has 2 rings (SSSR count). The molecule has 0 fully saturated rings. The molecule has 0 unspecified atom stereocenters. The van der Waals surface area contributed by atoms with Crippen molar-refractivity contribution in [3.05, 3.63) is 23.3 Å². The van der Waals surface area contributed by atoms with Gasteiger partial charge in [-0.2, -0.15) is 0 Å². The van der Waals surface area contributed by atoms with E-state index in [1.165, 1.54) is 17.7 Å². The third-order valence-electron chi connectivity index (χ3n) is 1.84. The van der Waals surface area contributed by atoms with E-state index in [4.69, 9.17) is 0 Å². The van der Waals surface area contributed by atoms with Gasteiger partial charge < -0.3 is 9.97 Å². The molecule has 0 amide bonds. The van der Waals surface area contributed by atoms with Crippen LogP contribution in [0.2, 0.25) is 0 Å². The number of aromatic nitrogens is 2. The normalized spacial score (nSPS) is 13.9. The van der Waals surface area contributed by atoms with E-state index in [-0.39, 0.29) is 32.7 Å². The van der Waals surface area contributed by atoms with Crippen LogP contribution in [0.25, 0.3) is 0 Å². The average molecular weight is 222 g/mol. The largest absolute Gasteiger partial charge is 0.373 e. The molecule has 0 saturated carbocycles. The number of hydrogen-bond donors (Lipinski definition) is 0. The average Bonchev–Trinajstić information content (AvgIpc) is 2.33. The van der Waals surface area contributed by atoms with E-state index in [2.05, 4.69) is 16.2 Å². The molecule has 0 spiro atoms. The fourth-order valence-corrected chi connectivity index (χ4v) is 1.34. The van der Waals surface area contributed by atoms with Gasteiger partial charge in [0.2, 0.25) is 0 Å². The van der Waals surface area contributed by atoms with Crippen molar-refractivity contribution in [3.63, 3.8) is 0 Å². The van der Waals surface area contributed by atoms with E-state index >= 15 is 0 Å². The Morgan fingerprint density at radius 3 is 3.00 bits per heavy atom. The van der Waals surface area contributed by atoms with Gasteiger partial charge in [-0.25, -0.2) is 0 Å². The molecule has 0 N–H and O–H groups in total. The first-order valence-corrected chi connectivity index (χ1v) is 3.60. The topological polar surface area (TPSA) is 25.8 Å². The number of nitrogens with zero attached hydrogens (tertiary/aromatic N) is 2. The summed E-state index contributed by atoms with van der Waals surface area (Å²) in [5, 5.41) is 0. The summed E-state index contributed by atoms with van der Waals surface area (Å²) in [6.07, 6.45) is 6.47. The van der Waals surface area contributed by atoms with E-state index in [0.717, 1.165) is 18.7 Å². The Labute approximate surface area is 91.7 Å². The smallest absolute Gasteiger partial charge is 0.0107 e. The van der Waals surface area contributed by atoms with Crippen LogP contribution in [0.4, 0.5) is 0 Å². The van der Waals surface area contributed by atoms with Gasteiger partial charge in [-0.1, -0.05) is 31.7 Å². The summed E-state index contributed by atoms with van der Waals surface area (Å²) in [5.74, 6) is 0.848. The number of hydrogen-bond acceptors (Lipinski definition) is 2. The maximum atomic E-state index is 4.31. The Balaban J connectivity index is 0.000000605. The number of rotatable bonds is 0. The fourth-order valence-electron chi connectivity index (χ4n) is 1.34. The van der Waals surface area contributed by atoms with Crippen molar-refractivity contribution >= 4 is 0 Å². The predicted octanol–water partition coefficient (Wildman–Crippen LogP) is 1.07. The zero-order chi connectivity index (χ0) is 6.97. The summed E-state index contributed by atoms with van der Waals surface area (Å²) in [6.45, 7) is 1.91. The Bertz CT molecular complexity index is 260. The van der Waals surface area contributed by atoms with Crippen LogP contribution in [0.5, 0.6) is 0 Å². The van der Waals surface area contributed by atoms with Crippen molar-refractivity contribution in [3.8, 4) is 0 Å². The molecule has 1 aliphatic carbocycles. The second-order valence-electron chi connectivity index (χ2n) is 2.66. The zero-order valence-electron chi connectivity index (χ0n) is 6.59. The zero-order valence-corrected chi connectivity index (χ0v) is 9.43. The van der Waals surface area contributed by atoms with E-state index in [9.17, 15) is 0 Å². The third-order valence-corrected chi connectivity index (χ3v) is 1.84. The van der Waals surface area contributed by atoms with Gasteiger partial charge in [0.1, 0.15) is 0 Å². The fraction of sp³-hybridized carbons (Fsp3) is 0.500. The SMILES string of the molecule is Cc1n[c-]c2c(n1)CCC2.[Y]. The van der Waals surface area contributed by atoms with Crippen LogP contribution in [0.15, 0.2) is 0 Å². The molecule has 2 nitrogen and oxygen atoms in total. The van der Waals surface area contributed by atoms with Crippen molar-refractivity contribution in [2.75, 3.05) is 0 Å². The summed E-state index contributed by atoms with van der Waals surface area (Å²) in [6, 6.07) is 0. The van der Waals surface area contributed by atoms with Crippen molar-refractivity contribution in [2.45, 2.75) is 26.2 Å². The van der Waals surface area contributed by atoms with Gasteiger partial charge in [-0.15, -0.1) is 5.56 Å². The van der Waals surface area contributed by atoms with Crippen LogP contribution in [0, 0.1) is 13.1 Å². The van der Waals surface area contributed by atoms with Gasteiger partial charge >= 0.3 is 0 Å². The first kappa shape index (κ1) is 9.27. The molecule has 0 bridgehead atoms. The van der Waals surface area contributed by atoms with Gasteiger partial charge in [-0.05, 0) is 6.42 Å². The summed E-state index contributed by atoms with van der Waals surface area (Å²) < 4.78 is 0. The molecule has 1 heterocycles. The van der Waals surface area contributed by atoms with Crippen LogP contribution in [-0.4, -0.2) is 9.97 Å². The van der Waals surface area contributed by atoms with Crippen LogP contribution in [0.1, 0.15) is 23.5 Å². The Hall–Kier alpha value is 0.184. The van der Waals surface area contributed by atoms with E-state index in [0.29, 0.717) is 0 Å². The quantitative estimate of drug-likeness (QED) is 0.613. The Morgan fingerprint density at radius 2 is 2.18 bits per heavy atom. The van der Waals surface area contributed by atoms with Gasteiger partial charge in [0.25, 0.3) is 0 Å². The standard InChI is InChI=1S/C8H9N2.Y/c1-6-9-5-7-3-2-4-8(7)10-6;/h2-4H2,1H3;/q-1;. The molecule has 1 aromatic heterocycles. The van der Waals surface area contributed by atoms with Crippen molar-refractivity contribution in [1.29, 1.82) is 0 Å². The number of aryl methyl sites for hydroxylation is 3. The predicted molar refractivity (Wildman–Crippen MR) is 37.6 cm³/mol. The van der Waals surface area contributed by atoms with Gasteiger partial charge in [-0.3, -0.25) is 0 Å². The van der Waals surface area contributed by atoms with Gasteiger partial charge in [0, 0.05) is 38.5 Å². The second kappa shape index (κ2) is 3.73. The first-order valence-electron chi connectivity index (χ1n) is 3.60. The van der Waals surface area contributed by atoms with Crippen LogP contribution >= 0.6 is 0 Å². The van der Waals surface area contributed by atoms with Crippen molar-refractivity contribution in [1.82, 2.24) is 9.97 Å². The molecule has 1 radical (unpaired) electrons. The maximum Gasteiger partial charge on any atom is 0.0107 e. The molecule has 55 valence electrons. The monoisotopic (exact) mass is 222 g/mol. The molecule has 1 aliphatic rings. The molecule has 0 aromatic carbocycles. The Morgan fingerprint density at radius 1 is 1.36 bits per heavy atom. The second-order valence-corrected chi connectivity index (χ2v) is 2.66. The van der Waals surface area contributed by atoms with Crippen LogP contribution in [0.3, 0.4) is 0 Å². The third kappa shape index (κ3) is 1.85. The molecular formula is C8H9N2Y-. The molecule has 3 heteroatoms. The minimum atomic E-state index is 0. The van der Waals surface area contributed by atoms with Crippen LogP contribution in [-0.2, 0) is 45.6 Å². The van der Waals surface area contributed by atoms with E-state index in [1.807, 2.05) is 6.92 Å². The van der Waals surface area contributed by atoms with E-state index in [1.54, 1.807) is 0 Å². The summed E-state index contributed by atoms with van der Waals surface area (Å²) in [4.78, 5) is 8.33. The molecule has 0 saturated heterocycles. The first-order chi connectivity index (χ1) is 4.86. The van der Waals surface area contributed by atoms with Crippen molar-refractivity contribution < 1.29 is 32.7 Å². The number of fused-ring (bicyclic) bond motifs is 1. The Kier molecular flexibility index (Phi) is 3.14. The summed E-state index contributed by atoms with van der Waals surface area (Å²) in [5.41, 5.74) is 2.44. The van der Waals surface area contributed by atoms with Crippen LogP contribution < -0.4 is 0 Å². The summed E-state index contributed by atoms with van der Waals surface area (Å²) in [7, 11) is 0. The van der Waals surface area contributed by atoms with Gasteiger partial charge in [0.15, 0.2) is 0 Å². The molecule has 11 heavy (non-hydrogen) atoms. The summed E-state index contributed by atoms with van der Waals surface area (Å²) >= 11 is 0. The molecule has 0 aliphatic heterocycles.